The highest BCUT2D eigenvalue weighted by atomic mass is 16.5. The molecule has 0 heterocycles. The van der Waals surface area contributed by atoms with Gasteiger partial charge in [0.05, 0.1) is 0 Å². The number of amides is 2. The molecule has 1 N–H and O–H groups in total. The average Bonchev–Trinajstić information content (AvgIpc) is 2.71. The molecule has 0 aliphatic carbocycles. The summed E-state index contributed by atoms with van der Waals surface area (Å²) in [6, 6.07) is 15.3. The summed E-state index contributed by atoms with van der Waals surface area (Å²) >= 11 is 0. The second-order valence-corrected chi connectivity index (χ2v) is 8.61. The molecule has 5 heteroatoms. The van der Waals surface area contributed by atoms with Crippen LogP contribution in [0, 0.1) is 6.92 Å². The third-order valence-electron chi connectivity index (χ3n) is 5.16. The summed E-state index contributed by atoms with van der Waals surface area (Å²) in [5, 5.41) is 2.94. The van der Waals surface area contributed by atoms with Crippen LogP contribution in [0.1, 0.15) is 63.6 Å². The Morgan fingerprint density at radius 2 is 1.71 bits per heavy atom. The van der Waals surface area contributed by atoms with Gasteiger partial charge in [-0.1, -0.05) is 62.7 Å². The summed E-state index contributed by atoms with van der Waals surface area (Å²) in [6.45, 7) is 12.3. The second-order valence-electron chi connectivity index (χ2n) is 8.61. The predicted molar refractivity (Wildman–Crippen MR) is 125 cm³/mol. The van der Waals surface area contributed by atoms with Crippen molar-refractivity contribution in [3.8, 4) is 5.75 Å². The number of aryl methyl sites for hydroxylation is 1. The van der Waals surface area contributed by atoms with Crippen molar-refractivity contribution in [3.05, 3.63) is 65.2 Å². The van der Waals surface area contributed by atoms with Crippen molar-refractivity contribution in [2.45, 2.75) is 72.5 Å². The van der Waals surface area contributed by atoms with Crippen LogP contribution in [-0.2, 0) is 16.1 Å². The molecule has 0 saturated carbocycles. The van der Waals surface area contributed by atoms with Gasteiger partial charge in [0, 0.05) is 12.6 Å². The van der Waals surface area contributed by atoms with Gasteiger partial charge >= 0.3 is 0 Å². The highest BCUT2D eigenvalue weighted by Crippen LogP contribution is 2.19. The molecule has 0 aromatic heterocycles. The number of carbonyl (C=O) groups excluding carboxylic acids is 2. The van der Waals surface area contributed by atoms with E-state index in [-0.39, 0.29) is 24.5 Å². The molecule has 2 aromatic rings. The lowest BCUT2D eigenvalue weighted by molar-refractivity contribution is -0.143. The standard InChI is InChI=1S/C26H36N2O3/c1-7-24(26(30)27-19(4)5)28(16-21-10-8-9-20(6)15-21)25(29)17-31-23-13-11-22(12-14-23)18(2)3/h8-15,18-19,24H,7,16-17H2,1-6H3,(H,27,30)/t24-/m1/s1. The minimum Gasteiger partial charge on any atom is -0.484 e. The molecule has 2 amide bonds. The summed E-state index contributed by atoms with van der Waals surface area (Å²) < 4.78 is 5.78. The summed E-state index contributed by atoms with van der Waals surface area (Å²) in [4.78, 5) is 27.6. The number of nitrogens with zero attached hydrogens (tertiary/aromatic N) is 1. The SMILES string of the molecule is CC[C@H](C(=O)NC(C)C)N(Cc1cccc(C)c1)C(=O)COc1ccc(C(C)C)cc1. The van der Waals surface area contributed by atoms with E-state index < -0.39 is 6.04 Å². The molecule has 0 bridgehead atoms. The lowest BCUT2D eigenvalue weighted by Gasteiger charge is -2.31. The molecule has 0 aliphatic heterocycles. The fourth-order valence-electron chi connectivity index (χ4n) is 3.48. The lowest BCUT2D eigenvalue weighted by Crippen LogP contribution is -2.51. The molecular weight excluding hydrogens is 388 g/mol. The van der Waals surface area contributed by atoms with Gasteiger partial charge in [-0.25, -0.2) is 0 Å². The predicted octanol–water partition coefficient (Wildman–Crippen LogP) is 4.83. The number of ether oxygens (including phenoxy) is 1. The number of benzene rings is 2. The van der Waals surface area contributed by atoms with Crippen molar-refractivity contribution >= 4 is 11.8 Å². The number of nitrogens with one attached hydrogen (secondary N) is 1. The molecule has 5 nitrogen and oxygen atoms in total. The molecule has 2 aromatic carbocycles. The van der Waals surface area contributed by atoms with Crippen LogP contribution in [0.25, 0.3) is 0 Å². The van der Waals surface area contributed by atoms with Gasteiger partial charge in [0.15, 0.2) is 6.61 Å². The van der Waals surface area contributed by atoms with Gasteiger partial charge in [-0.05, 0) is 56.4 Å². The Morgan fingerprint density at radius 3 is 2.26 bits per heavy atom. The van der Waals surface area contributed by atoms with E-state index in [1.165, 1.54) is 5.56 Å². The van der Waals surface area contributed by atoms with E-state index in [9.17, 15) is 9.59 Å². The molecule has 31 heavy (non-hydrogen) atoms. The van der Waals surface area contributed by atoms with E-state index in [0.717, 1.165) is 11.1 Å². The van der Waals surface area contributed by atoms with Crippen molar-refractivity contribution in [1.82, 2.24) is 10.2 Å². The monoisotopic (exact) mass is 424 g/mol. The van der Waals surface area contributed by atoms with Gasteiger partial charge < -0.3 is 15.0 Å². The molecule has 0 aliphatic rings. The van der Waals surface area contributed by atoms with Crippen molar-refractivity contribution < 1.29 is 14.3 Å². The molecule has 0 unspecified atom stereocenters. The number of rotatable bonds is 10. The fraction of sp³-hybridized carbons (Fsp3) is 0.462. The van der Waals surface area contributed by atoms with E-state index >= 15 is 0 Å². The van der Waals surface area contributed by atoms with Crippen LogP contribution in [0.4, 0.5) is 0 Å². The van der Waals surface area contributed by atoms with Crippen LogP contribution in [0.5, 0.6) is 5.75 Å². The molecule has 2 rings (SSSR count). The minimum atomic E-state index is -0.553. The van der Waals surface area contributed by atoms with Crippen molar-refractivity contribution in [1.29, 1.82) is 0 Å². The largest absolute Gasteiger partial charge is 0.484 e. The zero-order chi connectivity index (χ0) is 23.0. The highest BCUT2D eigenvalue weighted by Gasteiger charge is 2.29. The summed E-state index contributed by atoms with van der Waals surface area (Å²) in [6.07, 6.45) is 0.527. The number of hydrogen-bond acceptors (Lipinski definition) is 3. The van der Waals surface area contributed by atoms with Crippen LogP contribution in [0.2, 0.25) is 0 Å². The second kappa shape index (κ2) is 11.5. The third-order valence-corrected chi connectivity index (χ3v) is 5.16. The molecular formula is C26H36N2O3. The molecule has 0 saturated heterocycles. The number of carbonyl (C=O) groups is 2. The third kappa shape index (κ3) is 7.42. The molecule has 0 fully saturated rings. The molecule has 0 radical (unpaired) electrons. The van der Waals surface area contributed by atoms with Crippen LogP contribution in [0.3, 0.4) is 0 Å². The van der Waals surface area contributed by atoms with E-state index in [1.54, 1.807) is 4.90 Å². The first-order valence-corrected chi connectivity index (χ1v) is 11.1. The maximum absolute atomic E-state index is 13.2. The van der Waals surface area contributed by atoms with Gasteiger partial charge in [0.25, 0.3) is 5.91 Å². The van der Waals surface area contributed by atoms with Gasteiger partial charge in [-0.3, -0.25) is 9.59 Å². The van der Waals surface area contributed by atoms with Crippen LogP contribution in [-0.4, -0.2) is 35.4 Å². The molecule has 168 valence electrons. The van der Waals surface area contributed by atoms with Crippen LogP contribution in [0.15, 0.2) is 48.5 Å². The zero-order valence-electron chi connectivity index (χ0n) is 19.6. The smallest absolute Gasteiger partial charge is 0.261 e. The van der Waals surface area contributed by atoms with E-state index in [0.29, 0.717) is 24.6 Å². The van der Waals surface area contributed by atoms with Crippen LogP contribution >= 0.6 is 0 Å². The summed E-state index contributed by atoms with van der Waals surface area (Å²) in [7, 11) is 0. The Morgan fingerprint density at radius 1 is 1.03 bits per heavy atom. The fourth-order valence-corrected chi connectivity index (χ4v) is 3.48. The summed E-state index contributed by atoms with van der Waals surface area (Å²) in [5.41, 5.74) is 3.33. The van der Waals surface area contributed by atoms with E-state index in [4.69, 9.17) is 4.74 Å². The first-order chi connectivity index (χ1) is 14.7. The van der Waals surface area contributed by atoms with Gasteiger partial charge in [0.1, 0.15) is 11.8 Å². The summed E-state index contributed by atoms with van der Waals surface area (Å²) in [5.74, 6) is 0.734. The quantitative estimate of drug-likeness (QED) is 0.594. The average molecular weight is 425 g/mol. The van der Waals surface area contributed by atoms with Gasteiger partial charge in [-0.15, -0.1) is 0 Å². The van der Waals surface area contributed by atoms with Gasteiger partial charge in [0.2, 0.25) is 5.91 Å². The minimum absolute atomic E-state index is 0.00759. The Bertz CT molecular complexity index is 859. The normalized spacial score (nSPS) is 12.0. The maximum atomic E-state index is 13.2. The first kappa shape index (κ1) is 24.4. The lowest BCUT2D eigenvalue weighted by atomic mass is 10.0. The molecule has 0 spiro atoms. The van der Waals surface area contributed by atoms with E-state index in [2.05, 4.69) is 19.2 Å². The Kier molecular flexibility index (Phi) is 9.10. The first-order valence-electron chi connectivity index (χ1n) is 11.1. The van der Waals surface area contributed by atoms with Crippen molar-refractivity contribution in [3.63, 3.8) is 0 Å². The maximum Gasteiger partial charge on any atom is 0.261 e. The van der Waals surface area contributed by atoms with Crippen molar-refractivity contribution in [2.75, 3.05) is 6.61 Å². The molecule has 1 atom stereocenters. The Labute approximate surface area is 186 Å². The van der Waals surface area contributed by atoms with E-state index in [1.807, 2.05) is 76.2 Å². The zero-order valence-corrected chi connectivity index (χ0v) is 19.6. The topological polar surface area (TPSA) is 58.6 Å². The highest BCUT2D eigenvalue weighted by molar-refractivity contribution is 5.88. The van der Waals surface area contributed by atoms with Gasteiger partial charge in [-0.2, -0.15) is 0 Å². The van der Waals surface area contributed by atoms with Crippen molar-refractivity contribution in [2.24, 2.45) is 0 Å². The Balaban J connectivity index is 2.18. The Hall–Kier alpha value is -2.82. The number of hydrogen-bond donors (Lipinski definition) is 1. The van der Waals surface area contributed by atoms with Crippen LogP contribution < -0.4 is 10.1 Å².